The Balaban J connectivity index is 0.707. The molecule has 0 saturated carbocycles. The van der Waals surface area contributed by atoms with Gasteiger partial charge in [0.1, 0.15) is 0 Å². The predicted molar refractivity (Wildman–Crippen MR) is 421 cm³/mol. The van der Waals surface area contributed by atoms with Crippen molar-refractivity contribution in [2.45, 2.75) is 0 Å². The molecule has 470 valence electrons. The average molecular weight is 1290 g/mol. The molecular formula is C94H59N7. The van der Waals surface area contributed by atoms with Crippen molar-refractivity contribution in [2.75, 3.05) is 0 Å². The quantitative estimate of drug-likeness (QED) is 0.137. The van der Waals surface area contributed by atoms with Gasteiger partial charge in [-0.2, -0.15) is 0 Å². The molecule has 0 spiro atoms. The number of fused-ring (bicyclic) bond motifs is 15. The van der Waals surface area contributed by atoms with Gasteiger partial charge in [-0.1, -0.05) is 206 Å². The molecular weight excluding hydrogens is 1230 g/mol. The molecule has 21 rings (SSSR count). The molecule has 0 atom stereocenters. The Hall–Kier alpha value is -13.6. The fourth-order valence-corrected chi connectivity index (χ4v) is 16.3. The summed E-state index contributed by atoms with van der Waals surface area (Å²) >= 11 is 0. The first-order chi connectivity index (χ1) is 50.1. The van der Waals surface area contributed by atoms with Gasteiger partial charge in [0.05, 0.1) is 66.6 Å². The number of para-hydroxylation sites is 7. The maximum atomic E-state index is 5.64. The Morgan fingerprint density at radius 2 is 0.366 bits per heavy atom. The van der Waals surface area contributed by atoms with E-state index in [-0.39, 0.29) is 0 Å². The molecule has 21 aromatic rings. The monoisotopic (exact) mass is 1290 g/mol. The summed E-state index contributed by atoms with van der Waals surface area (Å²) in [6, 6.07) is 130. The molecule has 101 heavy (non-hydrogen) atoms. The van der Waals surface area contributed by atoms with Crippen LogP contribution in [-0.2, 0) is 0 Å². The first-order valence-electron chi connectivity index (χ1n) is 34.5. The molecule has 0 amide bonds. The summed E-state index contributed by atoms with van der Waals surface area (Å²) in [6.45, 7) is 0. The van der Waals surface area contributed by atoms with Gasteiger partial charge < -0.3 is 18.3 Å². The lowest BCUT2D eigenvalue weighted by molar-refractivity contribution is 0.995. The van der Waals surface area contributed by atoms with Gasteiger partial charge in [-0.15, -0.1) is 0 Å². The molecule has 0 aliphatic carbocycles. The van der Waals surface area contributed by atoms with Crippen LogP contribution in [0.3, 0.4) is 0 Å². The third-order valence-electron chi connectivity index (χ3n) is 20.9. The molecule has 0 radical (unpaired) electrons. The third kappa shape index (κ3) is 8.93. The molecule has 0 bridgehead atoms. The predicted octanol–water partition coefficient (Wildman–Crippen LogP) is 24.3. The molecule has 0 saturated heterocycles. The van der Waals surface area contributed by atoms with Crippen LogP contribution < -0.4 is 0 Å². The maximum Gasteiger partial charge on any atom is 0.235 e. The van der Waals surface area contributed by atoms with Gasteiger partial charge >= 0.3 is 0 Å². The van der Waals surface area contributed by atoms with Crippen LogP contribution in [0.15, 0.2) is 358 Å². The van der Waals surface area contributed by atoms with E-state index in [2.05, 4.69) is 381 Å². The minimum atomic E-state index is 0.593. The maximum absolute atomic E-state index is 5.64. The largest absolute Gasteiger partial charge is 0.309 e. The zero-order chi connectivity index (χ0) is 66.2. The lowest BCUT2D eigenvalue weighted by Crippen LogP contribution is -2.04. The fourth-order valence-electron chi connectivity index (χ4n) is 16.3. The number of benzene rings is 15. The van der Waals surface area contributed by atoms with Gasteiger partial charge in [0.2, 0.25) is 5.95 Å². The van der Waals surface area contributed by atoms with Crippen molar-refractivity contribution in [3.63, 3.8) is 0 Å². The Kier molecular flexibility index (Phi) is 12.6. The van der Waals surface area contributed by atoms with Crippen LogP contribution in [0.1, 0.15) is 0 Å². The summed E-state index contributed by atoms with van der Waals surface area (Å²) in [4.78, 5) is 11.2. The zero-order valence-electron chi connectivity index (χ0n) is 54.7. The van der Waals surface area contributed by atoms with Crippen LogP contribution in [0, 0.1) is 0 Å². The molecule has 0 aliphatic heterocycles. The minimum Gasteiger partial charge on any atom is -0.309 e. The number of aromatic nitrogens is 7. The average Bonchev–Trinajstić information content (AvgIpc) is 1.61. The van der Waals surface area contributed by atoms with Crippen LogP contribution in [-0.4, -0.2) is 32.8 Å². The number of rotatable bonds is 10. The summed E-state index contributed by atoms with van der Waals surface area (Å²) in [5.41, 5.74) is 26.5. The van der Waals surface area contributed by atoms with E-state index in [4.69, 9.17) is 9.97 Å². The van der Waals surface area contributed by atoms with E-state index in [9.17, 15) is 0 Å². The van der Waals surface area contributed by atoms with Crippen molar-refractivity contribution in [1.82, 2.24) is 32.8 Å². The van der Waals surface area contributed by atoms with Crippen LogP contribution in [0.5, 0.6) is 0 Å². The van der Waals surface area contributed by atoms with Crippen LogP contribution in [0.4, 0.5) is 0 Å². The highest BCUT2D eigenvalue weighted by molar-refractivity contribution is 6.16. The standard InChI is InChI=1S/C94H59N7/c1-5-21-60(22-6-1)82-59-83(61-37-45-71(46-38-61)100-87-36-20-16-32-75(87)79-54-63(42-50-91(79)100)62-39-47-88-76(53-62)72-29-13-17-33-84(72)97(88)68-23-7-2-8-24-68)96-94(95-82)101-92-51-43-66(64-40-48-89-77(55-64)73-30-14-18-34-85(73)98(89)69-25-9-3-10-26-69)57-80(92)81-58-67(44-52-93(81)101)65-41-49-90-78(56-65)74-31-15-19-35-86(74)99(90)70-27-11-4-12-28-70/h1-59H. The van der Waals surface area contributed by atoms with Gasteiger partial charge in [0.25, 0.3) is 0 Å². The first-order valence-corrected chi connectivity index (χ1v) is 34.5. The second-order valence-electron chi connectivity index (χ2n) is 26.5. The highest BCUT2D eigenvalue weighted by atomic mass is 15.2. The molecule has 6 heterocycles. The van der Waals surface area contributed by atoms with Gasteiger partial charge in [-0.3, -0.25) is 4.57 Å². The summed E-state index contributed by atoms with van der Waals surface area (Å²) in [7, 11) is 0. The first kappa shape index (κ1) is 56.5. The normalized spacial score (nSPS) is 12.0. The number of nitrogens with zero attached hydrogens (tertiary/aromatic N) is 7. The van der Waals surface area contributed by atoms with E-state index in [0.717, 1.165) is 100 Å². The molecule has 7 heteroatoms. The van der Waals surface area contributed by atoms with Gasteiger partial charge in [0, 0.05) is 87.7 Å². The van der Waals surface area contributed by atoms with Crippen LogP contribution in [0.25, 0.3) is 194 Å². The highest BCUT2D eigenvalue weighted by Gasteiger charge is 2.23. The van der Waals surface area contributed by atoms with E-state index in [1.54, 1.807) is 0 Å². The van der Waals surface area contributed by atoms with Crippen molar-refractivity contribution in [3.8, 4) is 84.6 Å². The SMILES string of the molecule is c1ccc(-c2cc(-c3ccc(-n4c5ccccc5c5cc(-c6ccc7c(c6)c6ccccc6n7-c6ccccc6)ccc54)cc3)nc(-n3c4ccc(-c5ccc6c(c5)c5ccccc5n6-c5ccccc5)cc4c4cc(-c5ccc6c(c5)c5ccccc5n6-c5ccccc5)ccc43)n2)cc1. The summed E-state index contributed by atoms with van der Waals surface area (Å²) in [5.74, 6) is 0.593. The third-order valence-corrected chi connectivity index (χ3v) is 20.9. The van der Waals surface area contributed by atoms with Crippen molar-refractivity contribution in [1.29, 1.82) is 0 Å². The molecule has 0 fully saturated rings. The molecule has 0 unspecified atom stereocenters. The topological polar surface area (TPSA) is 50.4 Å². The summed E-state index contributed by atoms with van der Waals surface area (Å²) in [5, 5.41) is 12.0. The zero-order valence-corrected chi connectivity index (χ0v) is 54.7. The van der Waals surface area contributed by atoms with E-state index >= 15 is 0 Å². The highest BCUT2D eigenvalue weighted by Crippen LogP contribution is 2.44. The second kappa shape index (κ2) is 22.5. The van der Waals surface area contributed by atoms with Crippen molar-refractivity contribution in [3.05, 3.63) is 358 Å². The van der Waals surface area contributed by atoms with Crippen molar-refractivity contribution < 1.29 is 0 Å². The van der Waals surface area contributed by atoms with Crippen molar-refractivity contribution in [2.24, 2.45) is 0 Å². The fraction of sp³-hybridized carbons (Fsp3) is 0. The Morgan fingerprint density at radius 1 is 0.149 bits per heavy atom. The second-order valence-corrected chi connectivity index (χ2v) is 26.5. The van der Waals surface area contributed by atoms with E-state index in [1.807, 2.05) is 0 Å². The van der Waals surface area contributed by atoms with E-state index in [0.29, 0.717) is 5.95 Å². The number of hydrogen-bond acceptors (Lipinski definition) is 2. The molecule has 7 nitrogen and oxygen atoms in total. The Bertz CT molecular complexity index is 6700. The number of hydrogen-bond donors (Lipinski definition) is 0. The Morgan fingerprint density at radius 3 is 0.673 bits per heavy atom. The minimum absolute atomic E-state index is 0.593. The van der Waals surface area contributed by atoms with Crippen LogP contribution in [0.2, 0.25) is 0 Å². The van der Waals surface area contributed by atoms with Gasteiger partial charge in [-0.05, 0) is 185 Å². The molecule has 0 aliphatic rings. The summed E-state index contributed by atoms with van der Waals surface area (Å²) < 4.78 is 11.8. The van der Waals surface area contributed by atoms with Crippen LogP contribution >= 0.6 is 0 Å². The molecule has 0 N–H and O–H groups in total. The molecule has 6 aromatic heterocycles. The Labute approximate surface area is 580 Å². The van der Waals surface area contributed by atoms with Crippen molar-refractivity contribution >= 4 is 109 Å². The summed E-state index contributed by atoms with van der Waals surface area (Å²) in [6.07, 6.45) is 0. The van der Waals surface area contributed by atoms with E-state index < -0.39 is 0 Å². The smallest absolute Gasteiger partial charge is 0.235 e. The lowest BCUT2D eigenvalue weighted by atomic mass is 9.98. The van der Waals surface area contributed by atoms with Gasteiger partial charge in [0.15, 0.2) is 0 Å². The van der Waals surface area contributed by atoms with E-state index in [1.165, 1.54) is 87.3 Å². The lowest BCUT2D eigenvalue weighted by Gasteiger charge is -2.13. The molecule has 15 aromatic carbocycles. The van der Waals surface area contributed by atoms with Gasteiger partial charge in [-0.25, -0.2) is 9.97 Å².